The summed E-state index contributed by atoms with van der Waals surface area (Å²) < 4.78 is 5.38. The number of methoxy groups -OCH3 is 1. The molecule has 112 valence electrons. The predicted molar refractivity (Wildman–Crippen MR) is 83.0 cm³/mol. The van der Waals surface area contributed by atoms with Crippen LogP contribution in [0.5, 0.6) is 5.75 Å². The fraction of sp³-hybridized carbons (Fsp3) is 0.389. The summed E-state index contributed by atoms with van der Waals surface area (Å²) in [5, 5.41) is 0. The maximum atomic E-state index is 12.8. The molecule has 1 aromatic heterocycles. The number of hydrogen-bond acceptors (Lipinski definition) is 4. The highest BCUT2D eigenvalue weighted by molar-refractivity contribution is 5.96. The van der Waals surface area contributed by atoms with Crippen LogP contribution in [0.15, 0.2) is 30.6 Å². The summed E-state index contributed by atoms with van der Waals surface area (Å²) >= 11 is 0. The number of ketones is 1. The lowest BCUT2D eigenvalue weighted by Gasteiger charge is -2.44. The monoisotopic (exact) mass is 294 g/mol. The Bertz CT molecular complexity index is 771. The van der Waals surface area contributed by atoms with E-state index in [1.54, 1.807) is 19.5 Å². The van der Waals surface area contributed by atoms with Crippen LogP contribution in [0, 0.1) is 0 Å². The number of carbonyl (C=O) groups is 1. The number of hydrogen-bond donors (Lipinski definition) is 0. The van der Waals surface area contributed by atoms with E-state index in [0.717, 1.165) is 41.1 Å². The molecule has 1 saturated carbocycles. The van der Waals surface area contributed by atoms with Crippen molar-refractivity contribution < 1.29 is 9.53 Å². The van der Waals surface area contributed by atoms with Gasteiger partial charge in [0.15, 0.2) is 0 Å². The van der Waals surface area contributed by atoms with Crippen LogP contribution in [-0.2, 0) is 10.2 Å². The maximum absolute atomic E-state index is 12.8. The summed E-state index contributed by atoms with van der Waals surface area (Å²) in [6, 6.07) is 5.93. The van der Waals surface area contributed by atoms with Gasteiger partial charge < -0.3 is 4.74 Å². The van der Waals surface area contributed by atoms with E-state index >= 15 is 0 Å². The Kier molecular flexibility index (Phi) is 2.83. The van der Waals surface area contributed by atoms with E-state index in [1.165, 1.54) is 0 Å². The molecule has 1 fully saturated rings. The highest BCUT2D eigenvalue weighted by Crippen LogP contribution is 2.54. The molecule has 0 bridgehead atoms. The minimum Gasteiger partial charge on any atom is -0.497 e. The Hall–Kier alpha value is -2.23. The molecule has 4 rings (SSSR count). The Balaban J connectivity index is 2.06. The first-order valence-corrected chi connectivity index (χ1v) is 7.69. The van der Waals surface area contributed by atoms with Crippen molar-refractivity contribution in [1.82, 2.24) is 9.97 Å². The standard InChI is InChI=1S/C18H18N2O2/c1-18-13(4-3-5-15(18)21)17-16(19-8-9-20-17)12-7-6-11(22-2)10-14(12)18/h6-10,13H,3-5H2,1-2H3/t13-,18-/m1/s1. The fourth-order valence-corrected chi connectivity index (χ4v) is 4.06. The molecule has 1 heterocycles. The van der Waals surface area contributed by atoms with E-state index in [1.807, 2.05) is 18.2 Å². The average molecular weight is 294 g/mol. The first kappa shape index (κ1) is 13.4. The molecule has 1 aromatic carbocycles. The SMILES string of the molecule is COc1ccc2c(c1)[C@]1(C)C(=O)CCC[C@@H]1c1nccnc1-2. The molecular weight excluding hydrogens is 276 g/mol. The highest BCUT2D eigenvalue weighted by atomic mass is 16.5. The lowest BCUT2D eigenvalue weighted by atomic mass is 9.58. The summed E-state index contributed by atoms with van der Waals surface area (Å²) in [6.07, 6.45) is 5.99. The molecule has 4 heteroatoms. The Morgan fingerprint density at radius 2 is 2.09 bits per heavy atom. The Morgan fingerprint density at radius 3 is 2.91 bits per heavy atom. The Morgan fingerprint density at radius 1 is 1.27 bits per heavy atom. The van der Waals surface area contributed by atoms with Gasteiger partial charge in [-0.15, -0.1) is 0 Å². The predicted octanol–water partition coefficient (Wildman–Crippen LogP) is 3.26. The zero-order valence-electron chi connectivity index (χ0n) is 12.8. The summed E-state index contributed by atoms with van der Waals surface area (Å²) in [5.41, 5.74) is 3.41. The summed E-state index contributed by atoms with van der Waals surface area (Å²) in [5.74, 6) is 1.19. The lowest BCUT2D eigenvalue weighted by molar-refractivity contribution is -0.126. The van der Waals surface area contributed by atoms with Crippen molar-refractivity contribution in [1.29, 1.82) is 0 Å². The molecule has 0 unspecified atom stereocenters. The van der Waals surface area contributed by atoms with Gasteiger partial charge >= 0.3 is 0 Å². The van der Waals surface area contributed by atoms with E-state index in [-0.39, 0.29) is 5.92 Å². The number of benzene rings is 1. The van der Waals surface area contributed by atoms with Gasteiger partial charge in [-0.1, -0.05) is 0 Å². The Labute approximate surface area is 129 Å². The number of fused-ring (bicyclic) bond motifs is 6. The van der Waals surface area contributed by atoms with Gasteiger partial charge in [-0.25, -0.2) is 0 Å². The van der Waals surface area contributed by atoms with E-state index in [0.29, 0.717) is 12.2 Å². The van der Waals surface area contributed by atoms with Gasteiger partial charge in [0, 0.05) is 30.3 Å². The zero-order chi connectivity index (χ0) is 15.3. The molecule has 4 nitrogen and oxygen atoms in total. The second kappa shape index (κ2) is 4.63. The second-order valence-corrected chi connectivity index (χ2v) is 6.27. The van der Waals surface area contributed by atoms with Crippen molar-refractivity contribution in [2.24, 2.45) is 0 Å². The van der Waals surface area contributed by atoms with E-state index < -0.39 is 5.41 Å². The molecule has 0 spiro atoms. The second-order valence-electron chi connectivity index (χ2n) is 6.27. The van der Waals surface area contributed by atoms with Crippen molar-refractivity contribution in [2.75, 3.05) is 7.11 Å². The van der Waals surface area contributed by atoms with E-state index in [9.17, 15) is 4.79 Å². The summed E-state index contributed by atoms with van der Waals surface area (Å²) in [6.45, 7) is 2.06. The average Bonchev–Trinajstić information content (AvgIpc) is 2.56. The molecule has 2 aromatic rings. The van der Waals surface area contributed by atoms with Gasteiger partial charge in [-0.05, 0) is 43.5 Å². The molecule has 2 aliphatic rings. The van der Waals surface area contributed by atoms with E-state index in [2.05, 4.69) is 16.9 Å². The molecule has 2 aliphatic carbocycles. The molecule has 0 N–H and O–H groups in total. The van der Waals surface area contributed by atoms with Crippen LogP contribution in [0.4, 0.5) is 0 Å². The van der Waals surface area contributed by atoms with Crippen molar-refractivity contribution in [2.45, 2.75) is 37.5 Å². The van der Waals surface area contributed by atoms with Gasteiger partial charge in [0.05, 0.1) is 23.9 Å². The number of Topliss-reactive ketones (excluding diaryl/α,β-unsaturated/α-hetero) is 1. The summed E-state index contributed by atoms with van der Waals surface area (Å²) in [4.78, 5) is 22.0. The highest BCUT2D eigenvalue weighted by Gasteiger charge is 2.51. The molecule has 0 aliphatic heterocycles. The molecule has 2 atom stereocenters. The minimum atomic E-state index is -0.523. The van der Waals surface area contributed by atoms with Gasteiger partial charge in [0.2, 0.25) is 0 Å². The van der Waals surface area contributed by atoms with Crippen molar-refractivity contribution in [3.63, 3.8) is 0 Å². The van der Waals surface area contributed by atoms with Crippen molar-refractivity contribution in [3.05, 3.63) is 41.9 Å². The number of ether oxygens (including phenoxy) is 1. The van der Waals surface area contributed by atoms with Gasteiger partial charge in [0.1, 0.15) is 11.5 Å². The fourth-order valence-electron chi connectivity index (χ4n) is 4.06. The quantitative estimate of drug-likeness (QED) is 0.810. The van der Waals surface area contributed by atoms with Crippen LogP contribution >= 0.6 is 0 Å². The molecule has 22 heavy (non-hydrogen) atoms. The molecule has 0 radical (unpaired) electrons. The van der Waals surface area contributed by atoms with Crippen LogP contribution in [-0.4, -0.2) is 22.9 Å². The number of carbonyl (C=O) groups excluding carboxylic acids is 1. The van der Waals surface area contributed by atoms with Gasteiger partial charge in [-0.3, -0.25) is 14.8 Å². The van der Waals surface area contributed by atoms with Crippen LogP contribution in [0.3, 0.4) is 0 Å². The summed E-state index contributed by atoms with van der Waals surface area (Å²) in [7, 11) is 1.65. The number of nitrogens with zero attached hydrogens (tertiary/aromatic N) is 2. The molecule has 0 amide bonds. The van der Waals surface area contributed by atoms with Crippen LogP contribution in [0.1, 0.15) is 43.4 Å². The van der Waals surface area contributed by atoms with E-state index in [4.69, 9.17) is 4.74 Å². The van der Waals surface area contributed by atoms with Crippen LogP contribution in [0.25, 0.3) is 11.3 Å². The third-order valence-corrected chi connectivity index (χ3v) is 5.27. The largest absolute Gasteiger partial charge is 0.497 e. The van der Waals surface area contributed by atoms with Crippen molar-refractivity contribution in [3.8, 4) is 17.0 Å². The van der Waals surface area contributed by atoms with Gasteiger partial charge in [0.25, 0.3) is 0 Å². The zero-order valence-corrected chi connectivity index (χ0v) is 12.8. The molecular formula is C18H18N2O2. The minimum absolute atomic E-state index is 0.108. The van der Waals surface area contributed by atoms with Crippen molar-refractivity contribution >= 4 is 5.78 Å². The van der Waals surface area contributed by atoms with Crippen LogP contribution < -0.4 is 4.74 Å². The smallest absolute Gasteiger partial charge is 0.143 e. The normalized spacial score (nSPS) is 25.9. The third kappa shape index (κ3) is 1.61. The first-order chi connectivity index (χ1) is 10.7. The third-order valence-electron chi connectivity index (χ3n) is 5.27. The van der Waals surface area contributed by atoms with Gasteiger partial charge in [-0.2, -0.15) is 0 Å². The first-order valence-electron chi connectivity index (χ1n) is 7.69. The lowest BCUT2D eigenvalue weighted by Crippen LogP contribution is -2.45. The molecule has 0 saturated heterocycles. The number of aromatic nitrogens is 2. The topological polar surface area (TPSA) is 52.1 Å². The number of rotatable bonds is 1. The maximum Gasteiger partial charge on any atom is 0.143 e. The van der Waals surface area contributed by atoms with Crippen LogP contribution in [0.2, 0.25) is 0 Å².